The van der Waals surface area contributed by atoms with Crippen LogP contribution in [0.3, 0.4) is 0 Å². The molecule has 0 atom stereocenters. The fourth-order valence-corrected chi connectivity index (χ4v) is 4.22. The van der Waals surface area contributed by atoms with Crippen LogP contribution in [0.1, 0.15) is 0 Å². The molecule has 2 aromatic carbocycles. The summed E-state index contributed by atoms with van der Waals surface area (Å²) in [6.07, 6.45) is 0. The van der Waals surface area contributed by atoms with Crippen LogP contribution in [0.2, 0.25) is 0 Å². The number of hydrogen-bond acceptors (Lipinski definition) is 3. The number of fused-ring (bicyclic) bond motifs is 2. The first kappa shape index (κ1) is 11.8. The van der Waals surface area contributed by atoms with E-state index < -0.39 is 0 Å². The summed E-state index contributed by atoms with van der Waals surface area (Å²) >= 11 is -0.187. The number of rotatable bonds is 1. The molecule has 1 aliphatic rings. The molecule has 0 radical (unpaired) electrons. The second kappa shape index (κ2) is 4.23. The molecule has 0 bridgehead atoms. The fraction of sp³-hybridized carbons (Fsp3) is 0.0714. The first-order valence-electron chi connectivity index (χ1n) is 5.94. The third kappa shape index (κ3) is 1.69. The minimum absolute atomic E-state index is 0.168. The predicted octanol–water partition coefficient (Wildman–Crippen LogP) is 1.92. The third-order valence-corrected chi connectivity index (χ3v) is 5.47. The Balaban J connectivity index is 1.94. The van der Waals surface area contributed by atoms with Crippen LogP contribution >= 0.6 is 0 Å². The summed E-state index contributed by atoms with van der Waals surface area (Å²) in [5.41, 5.74) is 0.578. The molecule has 100 valence electrons. The normalized spacial score (nSPS) is 13.1. The van der Waals surface area contributed by atoms with E-state index in [0.717, 1.165) is 9.95 Å². The van der Waals surface area contributed by atoms with E-state index in [1.54, 1.807) is 21.8 Å². The molecule has 6 heteroatoms. The molecule has 0 saturated heterocycles. The Morgan fingerprint density at radius 3 is 2.85 bits per heavy atom. The van der Waals surface area contributed by atoms with Crippen LogP contribution < -0.4 is 15.0 Å². The molecule has 0 aliphatic carbocycles. The van der Waals surface area contributed by atoms with Crippen molar-refractivity contribution in [1.82, 2.24) is 3.56 Å². The van der Waals surface area contributed by atoms with E-state index in [1.807, 2.05) is 6.07 Å². The summed E-state index contributed by atoms with van der Waals surface area (Å²) in [5.74, 6) is 0.921. The molecule has 0 fully saturated rings. The predicted molar refractivity (Wildman–Crippen MR) is 72.6 cm³/mol. The van der Waals surface area contributed by atoms with Gasteiger partial charge in [-0.1, -0.05) is 0 Å². The minimum atomic E-state index is -0.388. The molecule has 3 aromatic rings. The van der Waals surface area contributed by atoms with Gasteiger partial charge < -0.3 is 0 Å². The van der Waals surface area contributed by atoms with Crippen molar-refractivity contribution < 1.29 is 13.9 Å². The molecule has 4 nitrogen and oxygen atoms in total. The Morgan fingerprint density at radius 1 is 1.10 bits per heavy atom. The Labute approximate surface area is 118 Å². The van der Waals surface area contributed by atoms with E-state index in [4.69, 9.17) is 9.47 Å². The zero-order valence-electron chi connectivity index (χ0n) is 10.1. The van der Waals surface area contributed by atoms with E-state index in [2.05, 4.69) is 0 Å². The summed E-state index contributed by atoms with van der Waals surface area (Å²) in [4.78, 5) is 12.4. The first-order valence-corrected chi connectivity index (χ1v) is 7.56. The number of nitrogens with zero attached hydrogens (tertiary/aromatic N) is 1. The van der Waals surface area contributed by atoms with Crippen LogP contribution in [0.15, 0.2) is 41.2 Å². The van der Waals surface area contributed by atoms with Gasteiger partial charge in [0.05, 0.1) is 0 Å². The molecule has 0 spiro atoms. The quantitative estimate of drug-likeness (QED) is 0.638. The van der Waals surface area contributed by atoms with Gasteiger partial charge in [0.1, 0.15) is 0 Å². The van der Waals surface area contributed by atoms with Crippen molar-refractivity contribution in [2.75, 3.05) is 6.79 Å². The molecule has 4 rings (SSSR count). The van der Waals surface area contributed by atoms with Crippen LogP contribution in [0.5, 0.6) is 11.5 Å². The van der Waals surface area contributed by atoms with E-state index in [1.165, 1.54) is 12.1 Å². The van der Waals surface area contributed by atoms with Crippen molar-refractivity contribution in [3.05, 3.63) is 52.6 Å². The van der Waals surface area contributed by atoms with Crippen LogP contribution in [0.4, 0.5) is 4.39 Å². The maximum atomic E-state index is 13.2. The van der Waals surface area contributed by atoms with Gasteiger partial charge in [0.2, 0.25) is 0 Å². The Kier molecular flexibility index (Phi) is 2.49. The second-order valence-corrected chi connectivity index (χ2v) is 6.44. The third-order valence-electron chi connectivity index (χ3n) is 3.14. The van der Waals surface area contributed by atoms with Gasteiger partial charge in [-0.2, -0.15) is 0 Å². The van der Waals surface area contributed by atoms with Gasteiger partial charge in [-0.15, -0.1) is 0 Å². The van der Waals surface area contributed by atoms with Crippen LogP contribution in [-0.4, -0.2) is 25.1 Å². The van der Waals surface area contributed by atoms with E-state index in [-0.39, 0.29) is 32.9 Å². The van der Waals surface area contributed by atoms with Crippen molar-refractivity contribution in [2.45, 2.75) is 0 Å². The maximum absolute atomic E-state index is 13.2. The number of ether oxygens (including phenoxy) is 2. The number of aromatic nitrogens is 1. The summed E-state index contributed by atoms with van der Waals surface area (Å²) < 4.78 is 26.4. The molecule has 20 heavy (non-hydrogen) atoms. The number of hydrogen-bond donors (Lipinski definition) is 0. The fourth-order valence-electron chi connectivity index (χ4n) is 2.18. The first-order chi connectivity index (χ1) is 9.72. The van der Waals surface area contributed by atoms with E-state index >= 15 is 0 Å². The Bertz CT molecular complexity index is 884. The van der Waals surface area contributed by atoms with Crippen molar-refractivity contribution in [2.24, 2.45) is 0 Å². The number of halogens is 1. The molecular weight excluding hydrogens is 328 g/mol. The molecular formula is C14H8FNO3Se. The monoisotopic (exact) mass is 337 g/mol. The molecule has 1 aliphatic heterocycles. The molecule has 0 amide bonds. The van der Waals surface area contributed by atoms with Crippen LogP contribution in [-0.2, 0) is 0 Å². The zero-order chi connectivity index (χ0) is 13.7. The van der Waals surface area contributed by atoms with Gasteiger partial charge in [0.15, 0.2) is 0 Å². The summed E-state index contributed by atoms with van der Waals surface area (Å²) in [6, 6.07) is 9.74. The Morgan fingerprint density at radius 2 is 1.95 bits per heavy atom. The topological polar surface area (TPSA) is 40.5 Å². The molecule has 0 N–H and O–H groups in total. The summed E-state index contributed by atoms with van der Waals surface area (Å²) in [5, 5.41) is 0.447. The molecule has 0 unspecified atom stereocenters. The number of benzene rings is 2. The second-order valence-electron chi connectivity index (χ2n) is 4.37. The summed E-state index contributed by atoms with van der Waals surface area (Å²) in [6.45, 7) is 0.198. The van der Waals surface area contributed by atoms with Gasteiger partial charge in [-0.3, -0.25) is 0 Å². The average molecular weight is 336 g/mol. The van der Waals surface area contributed by atoms with E-state index in [9.17, 15) is 9.18 Å². The van der Waals surface area contributed by atoms with Gasteiger partial charge in [0, 0.05) is 0 Å². The van der Waals surface area contributed by atoms with Gasteiger partial charge >= 0.3 is 118 Å². The van der Waals surface area contributed by atoms with Gasteiger partial charge in [-0.05, 0) is 0 Å². The van der Waals surface area contributed by atoms with Crippen molar-refractivity contribution in [3.8, 4) is 17.2 Å². The summed E-state index contributed by atoms with van der Waals surface area (Å²) in [7, 11) is 0. The zero-order valence-corrected chi connectivity index (χ0v) is 11.8. The van der Waals surface area contributed by atoms with Gasteiger partial charge in [0.25, 0.3) is 0 Å². The SMILES string of the molecule is O=c1c2cc(F)ccc2[se]n1-c1ccc2c(c1)OCO2. The Hall–Kier alpha value is -2.04. The van der Waals surface area contributed by atoms with Gasteiger partial charge in [-0.25, -0.2) is 0 Å². The van der Waals surface area contributed by atoms with Crippen molar-refractivity contribution in [1.29, 1.82) is 0 Å². The van der Waals surface area contributed by atoms with Crippen LogP contribution in [0.25, 0.3) is 15.3 Å². The molecule has 1 aromatic heterocycles. The standard InChI is InChI=1S/C14H8FNO3Se/c15-8-1-4-13-10(5-8)14(17)16(20-13)9-2-3-11-12(6-9)19-7-18-11/h1-6H,7H2. The molecule has 0 saturated carbocycles. The van der Waals surface area contributed by atoms with E-state index in [0.29, 0.717) is 16.9 Å². The van der Waals surface area contributed by atoms with Crippen molar-refractivity contribution >= 4 is 24.4 Å². The molecule has 2 heterocycles. The average Bonchev–Trinajstić information content (AvgIpc) is 3.03. The van der Waals surface area contributed by atoms with Crippen molar-refractivity contribution in [3.63, 3.8) is 0 Å². The van der Waals surface area contributed by atoms with Crippen LogP contribution in [0, 0.1) is 5.82 Å².